The summed E-state index contributed by atoms with van der Waals surface area (Å²) in [6.45, 7) is 2.97. The molecule has 0 aromatic heterocycles. The second kappa shape index (κ2) is 6.54. The highest BCUT2D eigenvalue weighted by atomic mass is 16.2. The highest BCUT2D eigenvalue weighted by Gasteiger charge is 2.33. The molecular formula is C15H26N4O2. The zero-order chi connectivity index (χ0) is 14.7. The maximum Gasteiger partial charge on any atom is 0.317 e. The van der Waals surface area contributed by atoms with E-state index in [2.05, 4.69) is 10.6 Å². The molecule has 0 spiro atoms. The summed E-state index contributed by atoms with van der Waals surface area (Å²) in [4.78, 5) is 28.0. The summed E-state index contributed by atoms with van der Waals surface area (Å²) in [5, 5.41) is 6.02. The van der Waals surface area contributed by atoms with Gasteiger partial charge in [0.2, 0.25) is 0 Å². The summed E-state index contributed by atoms with van der Waals surface area (Å²) in [6.07, 6.45) is 7.94. The van der Waals surface area contributed by atoms with E-state index >= 15 is 0 Å². The van der Waals surface area contributed by atoms with Gasteiger partial charge >= 0.3 is 12.1 Å². The first-order chi connectivity index (χ1) is 10.2. The molecule has 0 aromatic carbocycles. The molecule has 6 nitrogen and oxygen atoms in total. The Kier molecular flexibility index (Phi) is 4.51. The highest BCUT2D eigenvalue weighted by molar-refractivity contribution is 5.77. The van der Waals surface area contributed by atoms with Crippen LogP contribution in [0.15, 0.2) is 0 Å². The lowest BCUT2D eigenvalue weighted by molar-refractivity contribution is 0.130. The molecule has 2 N–H and O–H groups in total. The van der Waals surface area contributed by atoms with Gasteiger partial charge in [-0.1, -0.05) is 19.3 Å². The van der Waals surface area contributed by atoms with Gasteiger partial charge in [0, 0.05) is 32.2 Å². The van der Waals surface area contributed by atoms with Crippen LogP contribution in [0.4, 0.5) is 9.59 Å². The van der Waals surface area contributed by atoms with Crippen molar-refractivity contribution < 1.29 is 9.59 Å². The number of carbonyl (C=O) groups is 2. The third kappa shape index (κ3) is 3.41. The molecule has 21 heavy (non-hydrogen) atoms. The van der Waals surface area contributed by atoms with Gasteiger partial charge in [0.1, 0.15) is 0 Å². The monoisotopic (exact) mass is 294 g/mol. The van der Waals surface area contributed by atoms with Gasteiger partial charge in [-0.2, -0.15) is 0 Å². The van der Waals surface area contributed by atoms with Crippen molar-refractivity contribution in [1.29, 1.82) is 0 Å². The lowest BCUT2D eigenvalue weighted by Crippen LogP contribution is -2.54. The number of rotatable bonds is 2. The molecule has 3 fully saturated rings. The van der Waals surface area contributed by atoms with Crippen molar-refractivity contribution in [1.82, 2.24) is 20.4 Å². The van der Waals surface area contributed by atoms with E-state index < -0.39 is 0 Å². The normalized spacial score (nSPS) is 27.6. The van der Waals surface area contributed by atoms with Crippen LogP contribution < -0.4 is 10.6 Å². The Morgan fingerprint density at radius 3 is 2.62 bits per heavy atom. The minimum Gasteiger partial charge on any atom is -0.336 e. The van der Waals surface area contributed by atoms with Gasteiger partial charge in [0.05, 0.1) is 6.04 Å². The Morgan fingerprint density at radius 1 is 1.10 bits per heavy atom. The lowest BCUT2D eigenvalue weighted by atomic mass is 9.95. The van der Waals surface area contributed by atoms with Crippen LogP contribution in [0.5, 0.6) is 0 Å². The standard InChI is InChI=1S/C15H26N4O2/c20-14-16-8-10-19(14)13-7-4-9-18(11-13)15(21)17-12-5-2-1-3-6-12/h12-13H,1-11H2,(H,16,20)(H,17,21). The van der Waals surface area contributed by atoms with E-state index in [0.717, 1.165) is 45.3 Å². The van der Waals surface area contributed by atoms with Crippen molar-refractivity contribution >= 4 is 12.1 Å². The average Bonchev–Trinajstić information content (AvgIpc) is 2.94. The number of amides is 4. The summed E-state index contributed by atoms with van der Waals surface area (Å²) in [5.41, 5.74) is 0. The highest BCUT2D eigenvalue weighted by Crippen LogP contribution is 2.20. The number of piperidine rings is 1. The first-order valence-corrected chi connectivity index (χ1v) is 8.34. The minimum atomic E-state index is 0.0227. The first-order valence-electron chi connectivity index (χ1n) is 8.34. The van der Waals surface area contributed by atoms with Crippen LogP contribution >= 0.6 is 0 Å². The van der Waals surface area contributed by atoms with Crippen molar-refractivity contribution in [3.63, 3.8) is 0 Å². The summed E-state index contributed by atoms with van der Waals surface area (Å²) in [7, 11) is 0. The zero-order valence-corrected chi connectivity index (χ0v) is 12.6. The molecule has 1 atom stereocenters. The number of nitrogens with one attached hydrogen (secondary N) is 2. The van der Waals surface area contributed by atoms with Crippen LogP contribution in [0.3, 0.4) is 0 Å². The zero-order valence-electron chi connectivity index (χ0n) is 12.6. The van der Waals surface area contributed by atoms with E-state index in [1.54, 1.807) is 0 Å². The second-order valence-corrected chi connectivity index (χ2v) is 6.45. The molecule has 6 heteroatoms. The van der Waals surface area contributed by atoms with Crippen molar-refractivity contribution in [3.8, 4) is 0 Å². The van der Waals surface area contributed by atoms with E-state index in [4.69, 9.17) is 0 Å². The van der Waals surface area contributed by atoms with E-state index in [0.29, 0.717) is 12.6 Å². The Morgan fingerprint density at radius 2 is 1.90 bits per heavy atom. The fourth-order valence-corrected chi connectivity index (χ4v) is 3.74. The number of carbonyl (C=O) groups excluding carboxylic acids is 2. The first kappa shape index (κ1) is 14.5. The van der Waals surface area contributed by atoms with Crippen LogP contribution in [0.25, 0.3) is 0 Å². The maximum absolute atomic E-state index is 12.4. The molecule has 1 aliphatic carbocycles. The fourth-order valence-electron chi connectivity index (χ4n) is 3.74. The van der Waals surface area contributed by atoms with Crippen LogP contribution in [0.1, 0.15) is 44.9 Å². The predicted molar refractivity (Wildman–Crippen MR) is 80.1 cm³/mol. The topological polar surface area (TPSA) is 64.7 Å². The predicted octanol–water partition coefficient (Wildman–Crippen LogP) is 1.52. The molecule has 118 valence electrons. The van der Waals surface area contributed by atoms with Gasteiger partial charge in [0.15, 0.2) is 0 Å². The summed E-state index contributed by atoms with van der Waals surface area (Å²) in [6, 6.07) is 0.612. The molecule has 2 saturated heterocycles. The molecule has 2 heterocycles. The number of urea groups is 2. The number of hydrogen-bond acceptors (Lipinski definition) is 2. The fraction of sp³-hybridized carbons (Fsp3) is 0.867. The van der Waals surface area contributed by atoms with Gasteiger partial charge in [-0.3, -0.25) is 0 Å². The van der Waals surface area contributed by atoms with Gasteiger partial charge in [-0.05, 0) is 25.7 Å². The molecule has 0 aromatic rings. The largest absolute Gasteiger partial charge is 0.336 e. The second-order valence-electron chi connectivity index (χ2n) is 6.45. The Balaban J connectivity index is 1.52. The van der Waals surface area contributed by atoms with Gasteiger partial charge in [0.25, 0.3) is 0 Å². The summed E-state index contributed by atoms with van der Waals surface area (Å²) < 4.78 is 0. The van der Waals surface area contributed by atoms with Crippen LogP contribution in [-0.2, 0) is 0 Å². The van der Waals surface area contributed by atoms with Crippen LogP contribution in [0.2, 0.25) is 0 Å². The quantitative estimate of drug-likeness (QED) is 0.811. The average molecular weight is 294 g/mol. The SMILES string of the molecule is O=C(NC1CCCCC1)N1CCCC(N2CCNC2=O)C1. The summed E-state index contributed by atoms with van der Waals surface area (Å²) in [5.74, 6) is 0. The Labute approximate surface area is 126 Å². The molecule has 0 bridgehead atoms. The van der Waals surface area contributed by atoms with Gasteiger partial charge in [-0.15, -0.1) is 0 Å². The van der Waals surface area contributed by atoms with E-state index in [-0.39, 0.29) is 18.1 Å². The van der Waals surface area contributed by atoms with Crippen LogP contribution in [-0.4, -0.2) is 60.1 Å². The smallest absolute Gasteiger partial charge is 0.317 e. The molecule has 1 saturated carbocycles. The summed E-state index contributed by atoms with van der Waals surface area (Å²) >= 11 is 0. The van der Waals surface area contributed by atoms with Crippen molar-refractivity contribution in [3.05, 3.63) is 0 Å². The lowest BCUT2D eigenvalue weighted by Gasteiger charge is -2.38. The third-order valence-electron chi connectivity index (χ3n) is 4.95. The molecular weight excluding hydrogens is 268 g/mol. The Bertz CT molecular complexity index is 395. The molecule has 2 aliphatic heterocycles. The third-order valence-corrected chi connectivity index (χ3v) is 4.95. The van der Waals surface area contributed by atoms with E-state index in [1.807, 2.05) is 9.80 Å². The van der Waals surface area contributed by atoms with Crippen molar-refractivity contribution in [2.24, 2.45) is 0 Å². The minimum absolute atomic E-state index is 0.0227. The molecule has 1 unspecified atom stereocenters. The molecule has 0 radical (unpaired) electrons. The molecule has 3 rings (SSSR count). The van der Waals surface area contributed by atoms with E-state index in [1.165, 1.54) is 19.3 Å². The number of hydrogen-bond donors (Lipinski definition) is 2. The van der Waals surface area contributed by atoms with Gasteiger partial charge in [-0.25, -0.2) is 9.59 Å². The number of nitrogens with zero attached hydrogens (tertiary/aromatic N) is 2. The van der Waals surface area contributed by atoms with Crippen molar-refractivity contribution in [2.75, 3.05) is 26.2 Å². The van der Waals surface area contributed by atoms with Crippen LogP contribution in [0, 0.1) is 0 Å². The van der Waals surface area contributed by atoms with Gasteiger partial charge < -0.3 is 20.4 Å². The van der Waals surface area contributed by atoms with Crippen molar-refractivity contribution in [2.45, 2.75) is 57.0 Å². The maximum atomic E-state index is 12.4. The molecule has 4 amide bonds. The Hall–Kier alpha value is -1.46. The molecule has 3 aliphatic rings. The van der Waals surface area contributed by atoms with E-state index in [9.17, 15) is 9.59 Å². The number of likely N-dealkylation sites (tertiary alicyclic amines) is 1.